The van der Waals surface area contributed by atoms with E-state index < -0.39 is 0 Å². The zero-order valence-corrected chi connectivity index (χ0v) is 15.1. The highest BCUT2D eigenvalue weighted by Gasteiger charge is 2.64. The number of nitrogens with zero attached hydrogens (tertiary/aromatic N) is 2. The number of aryl methyl sites for hydroxylation is 1. The van der Waals surface area contributed by atoms with E-state index in [1.54, 1.807) is 11.8 Å². The Labute approximate surface area is 153 Å². The van der Waals surface area contributed by atoms with Crippen molar-refractivity contribution >= 4 is 11.7 Å². The number of carbonyl (C=O) groups is 1. The third-order valence-electron chi connectivity index (χ3n) is 6.57. The van der Waals surface area contributed by atoms with Gasteiger partial charge in [0.15, 0.2) is 0 Å². The van der Waals surface area contributed by atoms with E-state index in [0.717, 1.165) is 29.2 Å². The number of ether oxygens (including phenoxy) is 1. The highest BCUT2D eigenvalue weighted by atomic mass is 16.5. The number of carbonyl (C=O) groups excluding carboxylic acids is 1. The van der Waals surface area contributed by atoms with Crippen LogP contribution in [-0.4, -0.2) is 22.8 Å². The van der Waals surface area contributed by atoms with Crippen LogP contribution in [0, 0.1) is 23.2 Å². The number of para-hydroxylation sites is 1. The van der Waals surface area contributed by atoms with Crippen LogP contribution in [0.15, 0.2) is 42.5 Å². The summed E-state index contributed by atoms with van der Waals surface area (Å²) in [5.74, 6) is 2.76. The number of hydrogen-bond acceptors (Lipinski definition) is 3. The first-order valence-corrected chi connectivity index (χ1v) is 9.29. The smallest absolute Gasteiger partial charge is 0.229 e. The fraction of sp³-hybridized carbons (Fsp3) is 0.429. The third-order valence-corrected chi connectivity index (χ3v) is 6.57. The van der Waals surface area contributed by atoms with Gasteiger partial charge < -0.3 is 10.1 Å². The molecule has 134 valence electrons. The van der Waals surface area contributed by atoms with Crippen molar-refractivity contribution in [3.63, 3.8) is 0 Å². The molecule has 0 saturated heterocycles. The molecule has 3 atom stereocenters. The summed E-state index contributed by atoms with van der Waals surface area (Å²) in [5, 5.41) is 7.68. The molecule has 5 nitrogen and oxygen atoms in total. The number of rotatable bonds is 4. The van der Waals surface area contributed by atoms with E-state index in [2.05, 4.69) is 22.6 Å². The minimum absolute atomic E-state index is 0.0945. The number of methoxy groups -OCH3 is 1. The van der Waals surface area contributed by atoms with Crippen molar-refractivity contribution in [1.29, 1.82) is 0 Å². The molecule has 2 bridgehead atoms. The van der Waals surface area contributed by atoms with E-state index in [-0.39, 0.29) is 11.8 Å². The number of nitrogens with one attached hydrogen (secondary N) is 1. The summed E-state index contributed by atoms with van der Waals surface area (Å²) in [5.41, 5.74) is 2.15. The molecule has 1 N–H and O–H groups in total. The molecule has 3 aliphatic rings. The number of allylic oxidation sites excluding steroid dienone is 2. The van der Waals surface area contributed by atoms with Crippen molar-refractivity contribution in [2.75, 3.05) is 12.4 Å². The van der Waals surface area contributed by atoms with Crippen LogP contribution in [0.1, 0.15) is 19.3 Å². The first-order valence-electron chi connectivity index (χ1n) is 9.29. The minimum Gasteiger partial charge on any atom is -0.496 e. The average molecular weight is 349 g/mol. The molecule has 0 radical (unpaired) electrons. The van der Waals surface area contributed by atoms with Crippen LogP contribution in [0.25, 0.3) is 11.3 Å². The second kappa shape index (κ2) is 5.47. The summed E-state index contributed by atoms with van der Waals surface area (Å²) in [6, 6.07) is 9.71. The lowest BCUT2D eigenvalue weighted by Crippen LogP contribution is -2.28. The van der Waals surface area contributed by atoms with Gasteiger partial charge in [-0.25, -0.2) is 0 Å². The highest BCUT2D eigenvalue weighted by Crippen LogP contribution is 2.70. The van der Waals surface area contributed by atoms with Crippen molar-refractivity contribution < 1.29 is 9.53 Å². The third kappa shape index (κ3) is 2.16. The van der Waals surface area contributed by atoms with E-state index in [1.807, 2.05) is 37.4 Å². The Morgan fingerprint density at radius 3 is 2.85 bits per heavy atom. The largest absolute Gasteiger partial charge is 0.496 e. The number of amides is 1. The molecule has 2 fully saturated rings. The Hall–Kier alpha value is -2.56. The van der Waals surface area contributed by atoms with Gasteiger partial charge in [-0.15, -0.1) is 0 Å². The average Bonchev–Trinajstić information content (AvgIpc) is 3.19. The van der Waals surface area contributed by atoms with Gasteiger partial charge >= 0.3 is 0 Å². The lowest BCUT2D eigenvalue weighted by molar-refractivity contribution is -0.120. The molecule has 1 aromatic carbocycles. The van der Waals surface area contributed by atoms with Gasteiger partial charge in [-0.05, 0) is 48.6 Å². The van der Waals surface area contributed by atoms with Crippen molar-refractivity contribution in [1.82, 2.24) is 9.78 Å². The van der Waals surface area contributed by atoms with E-state index in [9.17, 15) is 4.79 Å². The fourth-order valence-corrected chi connectivity index (χ4v) is 5.06. The van der Waals surface area contributed by atoms with Gasteiger partial charge in [0.1, 0.15) is 11.6 Å². The highest BCUT2D eigenvalue weighted by molar-refractivity contribution is 5.93. The summed E-state index contributed by atoms with van der Waals surface area (Å²) in [7, 11) is 3.51. The molecule has 3 aliphatic carbocycles. The zero-order chi connectivity index (χ0) is 17.9. The van der Waals surface area contributed by atoms with Crippen molar-refractivity contribution in [2.24, 2.45) is 30.2 Å². The van der Waals surface area contributed by atoms with Gasteiger partial charge in [0.25, 0.3) is 0 Å². The molecule has 1 heterocycles. The summed E-state index contributed by atoms with van der Waals surface area (Å²) in [4.78, 5) is 12.9. The molecular formula is C21H23N3O2. The second-order valence-corrected chi connectivity index (χ2v) is 7.82. The number of benzene rings is 1. The van der Waals surface area contributed by atoms with Crippen LogP contribution >= 0.6 is 0 Å². The molecule has 1 amide bonds. The lowest BCUT2D eigenvalue weighted by atomic mass is 9.88. The first kappa shape index (κ1) is 15.7. The predicted octanol–water partition coefficient (Wildman–Crippen LogP) is 3.64. The van der Waals surface area contributed by atoms with Crippen LogP contribution in [0.3, 0.4) is 0 Å². The van der Waals surface area contributed by atoms with Crippen LogP contribution < -0.4 is 10.1 Å². The van der Waals surface area contributed by atoms with E-state index in [1.165, 1.54) is 12.8 Å². The standard InChI is InChI=1S/C21H23N3O2/c1-24-19(12-17(23-24)14-5-3-4-6-18(14)26-2)22-20(25)15-11-13-7-8-16(15)21(13)9-10-21/h3-8,12-13,15-16H,9-11H2,1-2H3,(H,22,25). The van der Waals surface area contributed by atoms with Crippen LogP contribution in [0.4, 0.5) is 5.82 Å². The Bertz CT molecular complexity index is 910. The SMILES string of the molecule is COc1ccccc1-c1cc(NC(=O)C2CC3C=CC2C32CC2)n(C)n1. The summed E-state index contributed by atoms with van der Waals surface area (Å²) in [6.07, 6.45) is 8.18. The Morgan fingerprint density at radius 2 is 2.12 bits per heavy atom. The quantitative estimate of drug-likeness (QED) is 0.858. The Morgan fingerprint density at radius 1 is 1.31 bits per heavy atom. The van der Waals surface area contributed by atoms with Gasteiger partial charge in [-0.1, -0.05) is 24.3 Å². The maximum Gasteiger partial charge on any atom is 0.229 e. The maximum absolute atomic E-state index is 12.9. The molecule has 1 spiro atoms. The molecule has 2 aromatic rings. The molecule has 5 heteroatoms. The zero-order valence-electron chi connectivity index (χ0n) is 15.1. The molecule has 26 heavy (non-hydrogen) atoms. The predicted molar refractivity (Wildman–Crippen MR) is 99.7 cm³/mol. The van der Waals surface area contributed by atoms with Gasteiger partial charge in [0.05, 0.1) is 12.8 Å². The summed E-state index contributed by atoms with van der Waals surface area (Å²) in [6.45, 7) is 0. The van der Waals surface area contributed by atoms with E-state index >= 15 is 0 Å². The summed E-state index contributed by atoms with van der Waals surface area (Å²) < 4.78 is 7.16. The number of hydrogen-bond donors (Lipinski definition) is 1. The second-order valence-electron chi connectivity index (χ2n) is 7.82. The normalized spacial score (nSPS) is 27.1. The molecular weight excluding hydrogens is 326 g/mol. The lowest BCUT2D eigenvalue weighted by Gasteiger charge is -2.19. The molecule has 0 aliphatic heterocycles. The molecule has 2 saturated carbocycles. The van der Waals surface area contributed by atoms with Crippen LogP contribution in [-0.2, 0) is 11.8 Å². The van der Waals surface area contributed by atoms with E-state index in [4.69, 9.17) is 4.74 Å². The number of anilines is 1. The van der Waals surface area contributed by atoms with Crippen molar-refractivity contribution in [3.05, 3.63) is 42.5 Å². The monoisotopic (exact) mass is 349 g/mol. The Balaban J connectivity index is 1.38. The van der Waals surface area contributed by atoms with Gasteiger partial charge in [-0.3, -0.25) is 9.48 Å². The van der Waals surface area contributed by atoms with Gasteiger partial charge in [-0.2, -0.15) is 5.10 Å². The maximum atomic E-state index is 12.9. The van der Waals surface area contributed by atoms with Crippen LogP contribution in [0.2, 0.25) is 0 Å². The fourth-order valence-electron chi connectivity index (χ4n) is 5.06. The minimum atomic E-state index is 0.0945. The van der Waals surface area contributed by atoms with Gasteiger partial charge in [0.2, 0.25) is 5.91 Å². The van der Waals surface area contributed by atoms with E-state index in [0.29, 0.717) is 17.3 Å². The molecule has 5 rings (SSSR count). The van der Waals surface area contributed by atoms with Crippen LogP contribution in [0.5, 0.6) is 5.75 Å². The van der Waals surface area contributed by atoms with Gasteiger partial charge in [0, 0.05) is 24.6 Å². The molecule has 1 aromatic heterocycles. The Kier molecular flexibility index (Phi) is 3.30. The topological polar surface area (TPSA) is 56.1 Å². The first-order chi connectivity index (χ1) is 12.6. The van der Waals surface area contributed by atoms with Crippen molar-refractivity contribution in [3.8, 4) is 17.0 Å². The number of aromatic nitrogens is 2. The molecule has 3 unspecified atom stereocenters. The van der Waals surface area contributed by atoms with Crippen molar-refractivity contribution in [2.45, 2.75) is 19.3 Å². The summed E-state index contributed by atoms with van der Waals surface area (Å²) >= 11 is 0.